The second-order valence-electron chi connectivity index (χ2n) is 3.44. The van der Waals surface area contributed by atoms with Crippen LogP contribution in [0.1, 0.15) is 25.9 Å². The zero-order valence-electron chi connectivity index (χ0n) is 9.31. The van der Waals surface area contributed by atoms with Crippen LogP contribution < -0.4 is 0 Å². The summed E-state index contributed by atoms with van der Waals surface area (Å²) in [6, 6.07) is 4.64. The number of thiophene rings is 1. The van der Waals surface area contributed by atoms with Crippen molar-refractivity contribution in [2.75, 3.05) is 6.61 Å². The minimum atomic E-state index is -0.716. The molecule has 0 unspecified atom stereocenters. The van der Waals surface area contributed by atoms with E-state index in [4.69, 9.17) is 20.9 Å². The lowest BCUT2D eigenvalue weighted by Crippen LogP contribution is -2.12. The number of hydrogen-bond acceptors (Lipinski definition) is 6. The van der Waals surface area contributed by atoms with Gasteiger partial charge in [0.05, 0.1) is 14.9 Å². The highest BCUT2D eigenvalue weighted by atomic mass is 35.5. The summed E-state index contributed by atoms with van der Waals surface area (Å²) < 4.78 is 10.0. The number of halogens is 1. The van der Waals surface area contributed by atoms with Crippen LogP contribution in [-0.4, -0.2) is 23.5 Å². The maximum Gasteiger partial charge on any atom is 0.377 e. The van der Waals surface area contributed by atoms with Gasteiger partial charge in [-0.05, 0) is 19.1 Å². The first kappa shape index (κ1) is 12.8. The van der Waals surface area contributed by atoms with Crippen LogP contribution in [0.25, 0.3) is 0 Å². The number of ketones is 1. The van der Waals surface area contributed by atoms with Gasteiger partial charge in [-0.2, -0.15) is 0 Å². The largest absolute Gasteiger partial charge is 0.451 e. The molecule has 0 aliphatic rings. The van der Waals surface area contributed by atoms with E-state index in [2.05, 4.69) is 5.16 Å². The van der Waals surface area contributed by atoms with E-state index in [0.29, 0.717) is 14.9 Å². The molecule has 0 atom stereocenters. The predicted octanol–water partition coefficient (Wildman–Crippen LogP) is 2.74. The molecule has 0 saturated heterocycles. The van der Waals surface area contributed by atoms with Gasteiger partial charge in [-0.25, -0.2) is 4.79 Å². The minimum absolute atomic E-state index is 0.0236. The van der Waals surface area contributed by atoms with E-state index in [1.54, 1.807) is 19.1 Å². The summed E-state index contributed by atoms with van der Waals surface area (Å²) in [5.41, 5.74) is 0.568. The van der Waals surface area contributed by atoms with E-state index in [9.17, 15) is 9.59 Å². The molecular formula is C11H8ClNO4S. The molecule has 5 nitrogen and oxygen atoms in total. The number of aromatic nitrogens is 1. The van der Waals surface area contributed by atoms with Crippen LogP contribution in [0.4, 0.5) is 0 Å². The Morgan fingerprint density at radius 3 is 2.83 bits per heavy atom. The molecular weight excluding hydrogens is 278 g/mol. The Labute approximate surface area is 111 Å². The summed E-state index contributed by atoms with van der Waals surface area (Å²) in [6.07, 6.45) is 0. The highest BCUT2D eigenvalue weighted by molar-refractivity contribution is 7.18. The number of rotatable bonds is 4. The molecule has 0 bridgehead atoms. The molecule has 2 aromatic rings. The van der Waals surface area contributed by atoms with Crippen molar-refractivity contribution in [2.45, 2.75) is 6.92 Å². The van der Waals surface area contributed by atoms with Gasteiger partial charge in [0.25, 0.3) is 0 Å². The molecule has 0 spiro atoms. The lowest BCUT2D eigenvalue weighted by molar-refractivity contribution is 0.0436. The molecule has 0 saturated carbocycles. The van der Waals surface area contributed by atoms with Crippen LogP contribution in [0.2, 0.25) is 4.34 Å². The Hall–Kier alpha value is -1.66. The molecule has 2 rings (SSSR count). The van der Waals surface area contributed by atoms with Crippen molar-refractivity contribution in [3.8, 4) is 0 Å². The number of Topliss-reactive ketones (excluding diaryl/α,β-unsaturated/α-hetero) is 1. The third-order valence-electron chi connectivity index (χ3n) is 2.01. The maximum atomic E-state index is 11.6. The summed E-state index contributed by atoms with van der Waals surface area (Å²) in [6.45, 7) is 1.33. The van der Waals surface area contributed by atoms with Crippen LogP contribution in [0.3, 0.4) is 0 Å². The Morgan fingerprint density at radius 2 is 2.28 bits per heavy atom. The first-order chi connectivity index (χ1) is 8.56. The van der Waals surface area contributed by atoms with Gasteiger partial charge >= 0.3 is 5.97 Å². The standard InChI is InChI=1S/C11H8ClNO4S/c1-6-4-8(17-13-6)11(15)16-5-7(14)9-2-3-10(12)18-9/h2-4H,5H2,1H3. The molecule has 0 aromatic carbocycles. The first-order valence-corrected chi connectivity index (χ1v) is 6.14. The van der Waals surface area contributed by atoms with Gasteiger partial charge in [0.1, 0.15) is 0 Å². The summed E-state index contributed by atoms with van der Waals surface area (Å²) in [5, 5.41) is 3.55. The van der Waals surface area contributed by atoms with Crippen molar-refractivity contribution in [2.24, 2.45) is 0 Å². The molecule has 0 radical (unpaired) electrons. The number of carbonyl (C=O) groups is 2. The maximum absolute atomic E-state index is 11.6. The number of carbonyl (C=O) groups excluding carboxylic acids is 2. The quantitative estimate of drug-likeness (QED) is 0.638. The van der Waals surface area contributed by atoms with Crippen molar-refractivity contribution in [1.82, 2.24) is 5.16 Å². The molecule has 0 N–H and O–H groups in total. The molecule has 7 heteroatoms. The SMILES string of the molecule is Cc1cc(C(=O)OCC(=O)c2ccc(Cl)s2)on1. The fourth-order valence-electron chi connectivity index (χ4n) is 1.20. The van der Waals surface area contributed by atoms with Gasteiger partial charge in [-0.15, -0.1) is 11.3 Å². The van der Waals surface area contributed by atoms with Crippen LogP contribution in [0.5, 0.6) is 0 Å². The number of hydrogen-bond donors (Lipinski definition) is 0. The van der Waals surface area contributed by atoms with Crippen LogP contribution in [0.15, 0.2) is 22.7 Å². The second-order valence-corrected chi connectivity index (χ2v) is 5.15. The Morgan fingerprint density at radius 1 is 1.50 bits per heavy atom. The van der Waals surface area contributed by atoms with Crippen LogP contribution >= 0.6 is 22.9 Å². The predicted molar refractivity (Wildman–Crippen MR) is 65.2 cm³/mol. The molecule has 18 heavy (non-hydrogen) atoms. The molecule has 94 valence electrons. The zero-order chi connectivity index (χ0) is 13.1. The van der Waals surface area contributed by atoms with Crippen molar-refractivity contribution in [1.29, 1.82) is 0 Å². The third-order valence-corrected chi connectivity index (χ3v) is 3.28. The molecule has 0 aliphatic carbocycles. The molecule has 0 fully saturated rings. The van der Waals surface area contributed by atoms with E-state index >= 15 is 0 Å². The number of nitrogens with zero attached hydrogens (tertiary/aromatic N) is 1. The minimum Gasteiger partial charge on any atom is -0.451 e. The van der Waals surface area contributed by atoms with E-state index in [1.807, 2.05) is 0 Å². The van der Waals surface area contributed by atoms with Gasteiger partial charge in [-0.1, -0.05) is 16.8 Å². The Kier molecular flexibility index (Phi) is 3.78. The number of aryl methyl sites for hydroxylation is 1. The summed E-state index contributed by atoms with van der Waals surface area (Å²) in [5.74, 6) is -1.05. The zero-order valence-corrected chi connectivity index (χ0v) is 10.9. The molecule has 0 amide bonds. The molecule has 2 heterocycles. The van der Waals surface area contributed by atoms with Crippen molar-refractivity contribution >= 4 is 34.7 Å². The monoisotopic (exact) mass is 285 g/mol. The van der Waals surface area contributed by atoms with Crippen molar-refractivity contribution in [3.63, 3.8) is 0 Å². The second kappa shape index (κ2) is 5.32. The summed E-state index contributed by atoms with van der Waals surface area (Å²) in [4.78, 5) is 23.5. The highest BCUT2D eigenvalue weighted by Gasteiger charge is 2.16. The average molecular weight is 286 g/mol. The number of ether oxygens (including phenoxy) is 1. The molecule has 0 aliphatic heterocycles. The van der Waals surface area contributed by atoms with E-state index in [-0.39, 0.29) is 18.2 Å². The van der Waals surface area contributed by atoms with Gasteiger partial charge < -0.3 is 9.26 Å². The normalized spacial score (nSPS) is 10.3. The molecule has 2 aromatic heterocycles. The van der Waals surface area contributed by atoms with Gasteiger partial charge in [0.15, 0.2) is 6.61 Å². The van der Waals surface area contributed by atoms with E-state index in [1.165, 1.54) is 6.07 Å². The number of esters is 1. The van der Waals surface area contributed by atoms with Crippen LogP contribution in [-0.2, 0) is 4.74 Å². The van der Waals surface area contributed by atoms with Gasteiger partial charge in [0.2, 0.25) is 11.5 Å². The average Bonchev–Trinajstić information content (AvgIpc) is 2.94. The van der Waals surface area contributed by atoms with Crippen molar-refractivity contribution < 1.29 is 18.8 Å². The fourth-order valence-corrected chi connectivity index (χ4v) is 2.16. The highest BCUT2D eigenvalue weighted by Crippen LogP contribution is 2.21. The smallest absolute Gasteiger partial charge is 0.377 e. The lowest BCUT2D eigenvalue weighted by Gasteiger charge is -1.99. The Balaban J connectivity index is 1.92. The van der Waals surface area contributed by atoms with E-state index < -0.39 is 5.97 Å². The Bertz CT molecular complexity index is 537. The summed E-state index contributed by atoms with van der Waals surface area (Å²) >= 11 is 6.84. The van der Waals surface area contributed by atoms with E-state index in [0.717, 1.165) is 11.3 Å². The third kappa shape index (κ3) is 2.96. The first-order valence-electron chi connectivity index (χ1n) is 4.95. The fraction of sp³-hybridized carbons (Fsp3) is 0.182. The summed E-state index contributed by atoms with van der Waals surface area (Å²) in [7, 11) is 0. The van der Waals surface area contributed by atoms with Crippen LogP contribution in [0, 0.1) is 6.92 Å². The van der Waals surface area contributed by atoms with Gasteiger partial charge in [0, 0.05) is 6.07 Å². The van der Waals surface area contributed by atoms with Crippen molar-refractivity contribution in [3.05, 3.63) is 38.9 Å². The van der Waals surface area contributed by atoms with Gasteiger partial charge in [-0.3, -0.25) is 4.79 Å². The lowest BCUT2D eigenvalue weighted by atomic mass is 10.3. The topological polar surface area (TPSA) is 69.4 Å².